The van der Waals surface area contributed by atoms with E-state index >= 15 is 0 Å². The minimum atomic E-state index is -0.316. The van der Waals surface area contributed by atoms with E-state index in [0.717, 1.165) is 35.8 Å². The fourth-order valence-corrected chi connectivity index (χ4v) is 3.62. The van der Waals surface area contributed by atoms with Gasteiger partial charge >= 0.3 is 0 Å². The standard InChI is InChI=1S/C18H13ClN6O2S/c1-8-16(28-25-24-8)17(26)23-15-7-20-13(6-21-15)10-4-14-12(5-11(10)19)22-18(27-14)9-2-3-9/h4-7,9H,2-3H2,1H3,(H,21,23,26). The van der Waals surface area contributed by atoms with Gasteiger partial charge in [0.25, 0.3) is 5.91 Å². The minimum Gasteiger partial charge on any atom is -0.440 e. The minimum absolute atomic E-state index is 0.316. The predicted octanol–water partition coefficient (Wildman–Crippen LogP) is 4.23. The molecule has 1 fully saturated rings. The van der Waals surface area contributed by atoms with Crippen LogP contribution in [0.5, 0.6) is 0 Å². The number of carbonyl (C=O) groups is 1. The van der Waals surface area contributed by atoms with Crippen LogP contribution < -0.4 is 5.32 Å². The van der Waals surface area contributed by atoms with Gasteiger partial charge in [0.1, 0.15) is 10.4 Å². The van der Waals surface area contributed by atoms with Crippen molar-refractivity contribution in [3.63, 3.8) is 0 Å². The zero-order chi connectivity index (χ0) is 19.3. The Morgan fingerprint density at radius 2 is 2.14 bits per heavy atom. The van der Waals surface area contributed by atoms with Crippen LogP contribution in [0.3, 0.4) is 0 Å². The molecule has 1 aliphatic carbocycles. The highest BCUT2D eigenvalue weighted by Gasteiger charge is 2.29. The highest BCUT2D eigenvalue weighted by Crippen LogP contribution is 2.41. The number of amides is 1. The first-order chi connectivity index (χ1) is 13.6. The second-order valence-electron chi connectivity index (χ2n) is 6.55. The molecule has 10 heteroatoms. The molecule has 0 saturated heterocycles. The fraction of sp³-hybridized carbons (Fsp3) is 0.222. The molecule has 0 bridgehead atoms. The maximum absolute atomic E-state index is 12.2. The lowest BCUT2D eigenvalue weighted by atomic mass is 10.1. The van der Waals surface area contributed by atoms with E-state index in [1.165, 1.54) is 6.20 Å². The molecule has 1 amide bonds. The van der Waals surface area contributed by atoms with Crippen LogP contribution in [-0.4, -0.2) is 30.4 Å². The summed E-state index contributed by atoms with van der Waals surface area (Å²) < 4.78 is 9.61. The lowest BCUT2D eigenvalue weighted by Gasteiger charge is -2.06. The summed E-state index contributed by atoms with van der Waals surface area (Å²) in [5.41, 5.74) is 3.25. The Bertz CT molecular complexity index is 1200. The summed E-state index contributed by atoms with van der Waals surface area (Å²) in [7, 11) is 0. The summed E-state index contributed by atoms with van der Waals surface area (Å²) in [5, 5.41) is 7.03. The van der Waals surface area contributed by atoms with Gasteiger partial charge in [-0.05, 0) is 43.4 Å². The molecule has 0 atom stereocenters. The third-order valence-corrected chi connectivity index (χ3v) is 5.59. The summed E-state index contributed by atoms with van der Waals surface area (Å²) in [6.45, 7) is 1.73. The molecule has 1 saturated carbocycles. The van der Waals surface area contributed by atoms with E-state index in [1.807, 2.05) is 6.07 Å². The van der Waals surface area contributed by atoms with Crippen molar-refractivity contribution < 1.29 is 9.21 Å². The second kappa shape index (κ2) is 6.61. The molecule has 28 heavy (non-hydrogen) atoms. The Balaban J connectivity index is 1.41. The molecule has 1 N–H and O–H groups in total. The van der Waals surface area contributed by atoms with Crippen LogP contribution in [0, 0.1) is 6.92 Å². The van der Waals surface area contributed by atoms with Crippen LogP contribution in [0.25, 0.3) is 22.4 Å². The van der Waals surface area contributed by atoms with Gasteiger partial charge in [0, 0.05) is 11.5 Å². The van der Waals surface area contributed by atoms with Crippen molar-refractivity contribution in [2.75, 3.05) is 5.32 Å². The van der Waals surface area contributed by atoms with Crippen LogP contribution in [0.4, 0.5) is 5.82 Å². The number of rotatable bonds is 4. The van der Waals surface area contributed by atoms with Crippen molar-refractivity contribution in [2.45, 2.75) is 25.7 Å². The van der Waals surface area contributed by atoms with Crippen molar-refractivity contribution in [3.8, 4) is 11.3 Å². The molecule has 0 aliphatic heterocycles. The summed E-state index contributed by atoms with van der Waals surface area (Å²) in [6, 6.07) is 3.60. The fourth-order valence-electron chi connectivity index (χ4n) is 2.81. The van der Waals surface area contributed by atoms with E-state index in [1.54, 1.807) is 19.2 Å². The molecule has 3 aromatic heterocycles. The number of aromatic nitrogens is 5. The van der Waals surface area contributed by atoms with E-state index in [-0.39, 0.29) is 5.91 Å². The van der Waals surface area contributed by atoms with Gasteiger partial charge in [0.05, 0.1) is 28.8 Å². The number of carbonyl (C=O) groups excluding carboxylic acids is 1. The van der Waals surface area contributed by atoms with Gasteiger partial charge in [-0.25, -0.2) is 9.97 Å². The Kier molecular flexibility index (Phi) is 4.06. The number of hydrogen-bond acceptors (Lipinski definition) is 8. The van der Waals surface area contributed by atoms with E-state index < -0.39 is 0 Å². The Morgan fingerprint density at radius 1 is 1.29 bits per heavy atom. The van der Waals surface area contributed by atoms with Crippen molar-refractivity contribution in [2.24, 2.45) is 0 Å². The molecule has 0 radical (unpaired) electrons. The summed E-state index contributed by atoms with van der Waals surface area (Å²) >= 11 is 7.45. The number of fused-ring (bicyclic) bond motifs is 1. The summed E-state index contributed by atoms with van der Waals surface area (Å²) in [4.78, 5) is 25.8. The SMILES string of the molecule is Cc1nnsc1C(=O)Nc1cnc(-c2cc3oc(C4CC4)nc3cc2Cl)cn1. The average Bonchev–Trinajstić information content (AvgIpc) is 3.32. The van der Waals surface area contributed by atoms with Gasteiger partial charge in [0.15, 0.2) is 17.3 Å². The Morgan fingerprint density at radius 3 is 2.82 bits per heavy atom. The molecule has 1 aromatic carbocycles. The first-order valence-corrected chi connectivity index (χ1v) is 9.76. The lowest BCUT2D eigenvalue weighted by Crippen LogP contribution is -2.13. The maximum Gasteiger partial charge on any atom is 0.270 e. The average molecular weight is 413 g/mol. The van der Waals surface area contributed by atoms with Crippen LogP contribution in [-0.2, 0) is 0 Å². The van der Waals surface area contributed by atoms with E-state index in [9.17, 15) is 4.79 Å². The van der Waals surface area contributed by atoms with E-state index in [0.29, 0.717) is 44.2 Å². The number of nitrogens with zero attached hydrogens (tertiary/aromatic N) is 5. The third kappa shape index (κ3) is 3.12. The van der Waals surface area contributed by atoms with Gasteiger partial charge in [-0.3, -0.25) is 9.78 Å². The number of nitrogens with one attached hydrogen (secondary N) is 1. The van der Waals surface area contributed by atoms with Gasteiger partial charge in [-0.15, -0.1) is 5.10 Å². The molecule has 1 aliphatic rings. The number of aryl methyl sites for hydroxylation is 1. The first kappa shape index (κ1) is 17.2. The molecule has 4 aromatic rings. The van der Waals surface area contributed by atoms with Crippen LogP contribution in [0.2, 0.25) is 5.02 Å². The predicted molar refractivity (Wildman–Crippen MR) is 105 cm³/mol. The third-order valence-electron chi connectivity index (χ3n) is 4.45. The zero-order valence-electron chi connectivity index (χ0n) is 14.6. The van der Waals surface area contributed by atoms with E-state index in [2.05, 4.69) is 29.9 Å². The van der Waals surface area contributed by atoms with Gasteiger partial charge in [-0.1, -0.05) is 16.1 Å². The number of benzene rings is 1. The quantitative estimate of drug-likeness (QED) is 0.534. The summed E-state index contributed by atoms with van der Waals surface area (Å²) in [5.74, 6) is 1.20. The molecule has 140 valence electrons. The largest absolute Gasteiger partial charge is 0.440 e. The zero-order valence-corrected chi connectivity index (χ0v) is 16.2. The molecule has 5 rings (SSSR count). The van der Waals surface area contributed by atoms with E-state index in [4.69, 9.17) is 16.0 Å². The van der Waals surface area contributed by atoms with Gasteiger partial charge in [-0.2, -0.15) is 0 Å². The lowest BCUT2D eigenvalue weighted by molar-refractivity contribution is 0.102. The van der Waals surface area contributed by atoms with Crippen molar-refractivity contribution in [1.82, 2.24) is 24.5 Å². The van der Waals surface area contributed by atoms with Crippen molar-refractivity contribution in [1.29, 1.82) is 0 Å². The van der Waals surface area contributed by atoms with Gasteiger partial charge in [0.2, 0.25) is 0 Å². The summed E-state index contributed by atoms with van der Waals surface area (Å²) in [6.07, 6.45) is 5.26. The maximum atomic E-state index is 12.2. The van der Waals surface area contributed by atoms with Crippen LogP contribution in [0.15, 0.2) is 28.9 Å². The first-order valence-electron chi connectivity index (χ1n) is 8.61. The molecule has 8 nitrogen and oxygen atoms in total. The van der Waals surface area contributed by atoms with Gasteiger partial charge < -0.3 is 9.73 Å². The normalized spacial score (nSPS) is 13.8. The smallest absolute Gasteiger partial charge is 0.270 e. The number of halogens is 1. The van der Waals surface area contributed by atoms with Crippen molar-refractivity contribution >= 4 is 46.0 Å². The topological polar surface area (TPSA) is 107 Å². The van der Waals surface area contributed by atoms with Crippen molar-refractivity contribution in [3.05, 3.63) is 46.0 Å². The second-order valence-corrected chi connectivity index (χ2v) is 7.72. The number of hydrogen-bond donors (Lipinski definition) is 1. The van der Waals surface area contributed by atoms with Crippen LogP contribution in [0.1, 0.15) is 40.0 Å². The monoisotopic (exact) mass is 412 g/mol. The Hall–Kier alpha value is -2.91. The molecule has 3 heterocycles. The highest BCUT2D eigenvalue weighted by atomic mass is 35.5. The molecular weight excluding hydrogens is 400 g/mol. The molecule has 0 unspecified atom stereocenters. The van der Waals surface area contributed by atoms with Crippen LogP contribution >= 0.6 is 23.1 Å². The molecule has 0 spiro atoms. The highest BCUT2D eigenvalue weighted by molar-refractivity contribution is 7.08. The number of oxazole rings is 1. The number of anilines is 1. The molecular formula is C18H13ClN6O2S. The Labute approximate surface area is 168 Å².